The second-order valence-electron chi connectivity index (χ2n) is 4.42. The van der Waals surface area contributed by atoms with Crippen molar-refractivity contribution >= 4 is 16.0 Å². The first-order valence-electron chi connectivity index (χ1n) is 5.47. The Morgan fingerprint density at radius 2 is 2.22 bits per heavy atom. The minimum atomic E-state index is -3.36. The van der Waals surface area contributed by atoms with Gasteiger partial charge >= 0.3 is 5.97 Å². The Labute approximate surface area is 105 Å². The van der Waals surface area contributed by atoms with Crippen molar-refractivity contribution in [1.29, 1.82) is 0 Å². The topological polar surface area (TPSA) is 87.6 Å². The predicted octanol–water partition coefficient (Wildman–Crippen LogP) is 0.141. The summed E-state index contributed by atoms with van der Waals surface area (Å²) in [6.07, 6.45) is 4.28. The van der Waals surface area contributed by atoms with Gasteiger partial charge in [-0.3, -0.25) is 9.78 Å². The zero-order valence-corrected chi connectivity index (χ0v) is 10.7. The van der Waals surface area contributed by atoms with Crippen molar-refractivity contribution in [2.45, 2.75) is 5.92 Å². The van der Waals surface area contributed by atoms with Crippen LogP contribution in [0.15, 0.2) is 24.5 Å². The van der Waals surface area contributed by atoms with Crippen molar-refractivity contribution in [3.8, 4) is 0 Å². The van der Waals surface area contributed by atoms with Gasteiger partial charge in [0, 0.05) is 31.4 Å². The lowest BCUT2D eigenvalue weighted by Crippen LogP contribution is -2.28. The molecule has 6 nitrogen and oxygen atoms in total. The smallest absolute Gasteiger partial charge is 0.308 e. The minimum Gasteiger partial charge on any atom is -0.481 e. The molecule has 1 N–H and O–H groups in total. The van der Waals surface area contributed by atoms with E-state index in [0.717, 1.165) is 11.8 Å². The van der Waals surface area contributed by atoms with Crippen molar-refractivity contribution < 1.29 is 18.3 Å². The molecule has 1 aromatic heterocycles. The zero-order valence-electron chi connectivity index (χ0n) is 9.85. The van der Waals surface area contributed by atoms with Gasteiger partial charge in [0.2, 0.25) is 10.0 Å². The molecule has 0 amide bonds. The maximum Gasteiger partial charge on any atom is 0.308 e. The van der Waals surface area contributed by atoms with Gasteiger partial charge in [-0.15, -0.1) is 0 Å². The average molecular weight is 270 g/mol. The lowest BCUT2D eigenvalue weighted by atomic mass is 9.90. The molecule has 2 rings (SSSR count). The van der Waals surface area contributed by atoms with Crippen molar-refractivity contribution in [3.63, 3.8) is 0 Å². The van der Waals surface area contributed by atoms with E-state index in [-0.39, 0.29) is 19.0 Å². The molecule has 7 heteroatoms. The average Bonchev–Trinajstić information content (AvgIpc) is 2.74. The molecule has 2 atom stereocenters. The van der Waals surface area contributed by atoms with Crippen LogP contribution in [0.25, 0.3) is 0 Å². The lowest BCUT2D eigenvalue weighted by Gasteiger charge is -2.14. The Hall–Kier alpha value is -1.47. The Balaban J connectivity index is 2.32. The van der Waals surface area contributed by atoms with Crippen LogP contribution in [-0.2, 0) is 14.8 Å². The van der Waals surface area contributed by atoms with E-state index < -0.39 is 21.9 Å². The van der Waals surface area contributed by atoms with E-state index in [1.54, 1.807) is 24.5 Å². The van der Waals surface area contributed by atoms with Crippen LogP contribution in [0.3, 0.4) is 0 Å². The maximum atomic E-state index is 11.5. The van der Waals surface area contributed by atoms with Crippen LogP contribution >= 0.6 is 0 Å². The summed E-state index contributed by atoms with van der Waals surface area (Å²) in [6.45, 7) is 0.217. The number of carboxylic acid groups (broad SMARTS) is 1. The van der Waals surface area contributed by atoms with Gasteiger partial charge in [-0.25, -0.2) is 12.7 Å². The molecule has 0 unspecified atom stereocenters. The molecule has 1 saturated heterocycles. The van der Waals surface area contributed by atoms with Gasteiger partial charge in [-0.1, -0.05) is 6.07 Å². The molecule has 1 aromatic rings. The third-order valence-corrected chi connectivity index (χ3v) is 4.42. The molecule has 1 aliphatic heterocycles. The van der Waals surface area contributed by atoms with Crippen LogP contribution in [0.2, 0.25) is 0 Å². The number of nitrogens with zero attached hydrogens (tertiary/aromatic N) is 2. The zero-order chi connectivity index (χ0) is 13.3. The summed E-state index contributed by atoms with van der Waals surface area (Å²) < 4.78 is 24.2. The van der Waals surface area contributed by atoms with Crippen molar-refractivity contribution in [2.75, 3.05) is 19.3 Å². The SMILES string of the molecule is CS(=O)(=O)N1C[C@H](c2cccnc2)[C@H](C(=O)O)C1. The molecular formula is C11H14N2O4S. The van der Waals surface area contributed by atoms with E-state index >= 15 is 0 Å². The van der Waals surface area contributed by atoms with Gasteiger partial charge < -0.3 is 5.11 Å². The highest BCUT2D eigenvalue weighted by atomic mass is 32.2. The van der Waals surface area contributed by atoms with Gasteiger partial charge in [0.05, 0.1) is 12.2 Å². The Morgan fingerprint density at radius 3 is 2.72 bits per heavy atom. The summed E-state index contributed by atoms with van der Waals surface area (Å²) in [5.41, 5.74) is 0.760. The molecule has 0 spiro atoms. The van der Waals surface area contributed by atoms with Crippen LogP contribution < -0.4 is 0 Å². The van der Waals surface area contributed by atoms with E-state index in [1.165, 1.54) is 4.31 Å². The predicted molar refractivity (Wildman–Crippen MR) is 64.5 cm³/mol. The molecule has 1 fully saturated rings. The highest BCUT2D eigenvalue weighted by Crippen LogP contribution is 2.33. The molecular weight excluding hydrogens is 256 g/mol. The van der Waals surface area contributed by atoms with E-state index in [4.69, 9.17) is 0 Å². The second kappa shape index (κ2) is 4.66. The van der Waals surface area contributed by atoms with Crippen LogP contribution in [0.5, 0.6) is 0 Å². The minimum absolute atomic E-state index is 0.0216. The summed E-state index contributed by atoms with van der Waals surface area (Å²) in [6, 6.07) is 3.50. The Kier molecular flexibility index (Phi) is 3.36. The van der Waals surface area contributed by atoms with Crippen LogP contribution in [0.1, 0.15) is 11.5 Å². The molecule has 0 radical (unpaired) electrons. The Morgan fingerprint density at radius 1 is 1.50 bits per heavy atom. The summed E-state index contributed by atoms with van der Waals surface area (Å²) in [5.74, 6) is -2.04. The fourth-order valence-corrected chi connectivity index (χ4v) is 3.08. The molecule has 18 heavy (non-hydrogen) atoms. The van der Waals surface area contributed by atoms with E-state index in [9.17, 15) is 18.3 Å². The summed E-state index contributed by atoms with van der Waals surface area (Å²) in [4.78, 5) is 15.2. The number of hydrogen-bond acceptors (Lipinski definition) is 4. The number of rotatable bonds is 3. The third-order valence-electron chi connectivity index (χ3n) is 3.19. The van der Waals surface area contributed by atoms with Crippen LogP contribution in [-0.4, -0.2) is 48.1 Å². The maximum absolute atomic E-state index is 11.5. The second-order valence-corrected chi connectivity index (χ2v) is 6.40. The lowest BCUT2D eigenvalue weighted by molar-refractivity contribution is -0.141. The molecule has 1 aliphatic rings. The fraction of sp³-hybridized carbons (Fsp3) is 0.455. The van der Waals surface area contributed by atoms with E-state index in [2.05, 4.69) is 4.98 Å². The number of carbonyl (C=O) groups is 1. The van der Waals surface area contributed by atoms with Crippen molar-refractivity contribution in [3.05, 3.63) is 30.1 Å². The number of aliphatic carboxylic acids is 1. The van der Waals surface area contributed by atoms with Gasteiger partial charge in [0.15, 0.2) is 0 Å². The third kappa shape index (κ3) is 2.51. The highest BCUT2D eigenvalue weighted by Gasteiger charge is 2.41. The number of sulfonamides is 1. The molecule has 0 aliphatic carbocycles. The fourth-order valence-electron chi connectivity index (χ4n) is 2.22. The molecule has 2 heterocycles. The van der Waals surface area contributed by atoms with Crippen LogP contribution in [0.4, 0.5) is 0 Å². The summed E-state index contributed by atoms with van der Waals surface area (Å²) in [7, 11) is -3.36. The molecule has 0 saturated carbocycles. The molecule has 98 valence electrons. The number of pyridine rings is 1. The van der Waals surface area contributed by atoms with Gasteiger partial charge in [0.1, 0.15) is 0 Å². The van der Waals surface area contributed by atoms with Gasteiger partial charge in [-0.05, 0) is 11.6 Å². The van der Waals surface area contributed by atoms with E-state index in [1.807, 2.05) is 0 Å². The van der Waals surface area contributed by atoms with Crippen molar-refractivity contribution in [1.82, 2.24) is 9.29 Å². The number of carboxylic acids is 1. The molecule has 0 aromatic carbocycles. The first-order chi connectivity index (χ1) is 8.39. The summed E-state index contributed by atoms with van der Waals surface area (Å²) >= 11 is 0. The summed E-state index contributed by atoms with van der Waals surface area (Å²) in [5, 5.41) is 9.19. The number of aromatic nitrogens is 1. The molecule has 0 bridgehead atoms. The van der Waals surface area contributed by atoms with Gasteiger partial charge in [-0.2, -0.15) is 0 Å². The first kappa shape index (κ1) is 13.0. The van der Waals surface area contributed by atoms with E-state index in [0.29, 0.717) is 0 Å². The normalized spacial score (nSPS) is 25.2. The number of hydrogen-bond donors (Lipinski definition) is 1. The van der Waals surface area contributed by atoms with Crippen molar-refractivity contribution in [2.24, 2.45) is 5.92 Å². The quantitative estimate of drug-likeness (QED) is 0.844. The monoisotopic (exact) mass is 270 g/mol. The largest absolute Gasteiger partial charge is 0.481 e. The van der Waals surface area contributed by atoms with Gasteiger partial charge in [0.25, 0.3) is 0 Å². The highest BCUT2D eigenvalue weighted by molar-refractivity contribution is 7.88. The first-order valence-corrected chi connectivity index (χ1v) is 7.32. The Bertz CT molecular complexity index is 543. The standard InChI is InChI=1S/C11H14N2O4S/c1-18(16,17)13-6-9(10(7-13)11(14)15)8-3-2-4-12-5-8/h2-5,9-10H,6-7H2,1H3,(H,14,15)/t9-,10-/m1/s1. The van der Waals surface area contributed by atoms with Crippen LogP contribution in [0, 0.1) is 5.92 Å².